The molecule has 1 aromatic carbocycles. The maximum absolute atomic E-state index is 11.5. The average Bonchev–Trinajstić information content (AvgIpc) is 2.95. The third-order valence-electron chi connectivity index (χ3n) is 2.59. The van der Waals surface area contributed by atoms with Crippen LogP contribution in [0.1, 0.15) is 0 Å². The second-order valence-corrected chi connectivity index (χ2v) is 5.98. The fourth-order valence-electron chi connectivity index (χ4n) is 1.71. The molecule has 0 fully saturated rings. The molecule has 6 nitrogen and oxygen atoms in total. The van der Waals surface area contributed by atoms with Gasteiger partial charge in [0.05, 0.1) is 15.9 Å². The molecule has 18 heavy (non-hydrogen) atoms. The smallest absolute Gasteiger partial charge is 0.229 e. The first kappa shape index (κ1) is 11.0. The van der Waals surface area contributed by atoms with Gasteiger partial charge in [-0.15, -0.1) is 0 Å². The van der Waals surface area contributed by atoms with Gasteiger partial charge in [-0.05, 0) is 24.3 Å². The molecule has 92 valence electrons. The first-order valence-electron chi connectivity index (χ1n) is 5.24. The van der Waals surface area contributed by atoms with E-state index in [1.807, 2.05) is 0 Å². The van der Waals surface area contributed by atoms with Crippen LogP contribution in [0.4, 0.5) is 0 Å². The fraction of sp³-hybridized carbons (Fsp3) is 0.0909. The van der Waals surface area contributed by atoms with Crippen molar-refractivity contribution in [2.45, 2.75) is 4.90 Å². The number of H-pyrrole nitrogens is 1. The van der Waals surface area contributed by atoms with Gasteiger partial charge < -0.3 is 4.98 Å². The highest BCUT2D eigenvalue weighted by Crippen LogP contribution is 2.18. The Morgan fingerprint density at radius 3 is 2.83 bits per heavy atom. The Labute approximate surface area is 103 Å². The first-order valence-corrected chi connectivity index (χ1v) is 7.13. The zero-order chi connectivity index (χ0) is 12.8. The minimum absolute atomic E-state index is 0.269. The van der Waals surface area contributed by atoms with Crippen LogP contribution in [0.3, 0.4) is 0 Å². The monoisotopic (exact) mass is 262 g/mol. The first-order chi connectivity index (χ1) is 8.54. The summed E-state index contributed by atoms with van der Waals surface area (Å²) in [6.45, 7) is 0. The van der Waals surface area contributed by atoms with E-state index >= 15 is 0 Å². The third kappa shape index (κ3) is 1.78. The lowest BCUT2D eigenvalue weighted by molar-refractivity contribution is 0.602. The standard InChI is InChI=1S/C11H10N4O2S/c1-18(16,17)8-3-4-9-10(7-8)14-11(13-9)15-6-2-5-12-15/h2-7H,1H3,(H,13,14). The Hall–Kier alpha value is -2.15. The normalized spacial score (nSPS) is 12.1. The Morgan fingerprint density at radius 1 is 1.33 bits per heavy atom. The summed E-state index contributed by atoms with van der Waals surface area (Å²) in [6, 6.07) is 6.58. The molecule has 3 aromatic rings. The van der Waals surface area contributed by atoms with Crippen molar-refractivity contribution < 1.29 is 8.42 Å². The highest BCUT2D eigenvalue weighted by molar-refractivity contribution is 7.90. The average molecular weight is 262 g/mol. The van der Waals surface area contributed by atoms with Crippen molar-refractivity contribution in [3.63, 3.8) is 0 Å². The molecule has 0 aliphatic rings. The van der Waals surface area contributed by atoms with Crippen molar-refractivity contribution in [2.75, 3.05) is 6.26 Å². The number of benzene rings is 1. The van der Waals surface area contributed by atoms with E-state index in [0.717, 1.165) is 0 Å². The summed E-state index contributed by atoms with van der Waals surface area (Å²) < 4.78 is 24.5. The van der Waals surface area contributed by atoms with Crippen LogP contribution in [0.15, 0.2) is 41.6 Å². The number of nitrogens with zero attached hydrogens (tertiary/aromatic N) is 3. The predicted octanol–water partition coefficient (Wildman–Crippen LogP) is 1.15. The van der Waals surface area contributed by atoms with Crippen LogP contribution in [0, 0.1) is 0 Å². The zero-order valence-corrected chi connectivity index (χ0v) is 10.3. The van der Waals surface area contributed by atoms with Crippen molar-refractivity contribution in [1.29, 1.82) is 0 Å². The van der Waals surface area contributed by atoms with E-state index in [4.69, 9.17) is 0 Å². The van der Waals surface area contributed by atoms with Crippen LogP contribution in [0.25, 0.3) is 17.0 Å². The maximum Gasteiger partial charge on any atom is 0.229 e. The van der Waals surface area contributed by atoms with Crippen LogP contribution in [0.2, 0.25) is 0 Å². The van der Waals surface area contributed by atoms with Gasteiger partial charge in [-0.25, -0.2) is 18.1 Å². The van der Waals surface area contributed by atoms with Crippen molar-refractivity contribution >= 4 is 20.9 Å². The van der Waals surface area contributed by atoms with Gasteiger partial charge in [-0.3, -0.25) is 0 Å². The Balaban J connectivity index is 2.19. The van der Waals surface area contributed by atoms with E-state index in [1.54, 1.807) is 41.3 Å². The van der Waals surface area contributed by atoms with Crippen molar-refractivity contribution in [1.82, 2.24) is 19.7 Å². The summed E-state index contributed by atoms with van der Waals surface area (Å²) in [7, 11) is -3.21. The summed E-state index contributed by atoms with van der Waals surface area (Å²) in [4.78, 5) is 7.63. The van der Waals surface area contributed by atoms with Crippen LogP contribution >= 0.6 is 0 Å². The number of nitrogens with one attached hydrogen (secondary N) is 1. The van der Waals surface area contributed by atoms with Gasteiger partial charge >= 0.3 is 0 Å². The second-order valence-electron chi connectivity index (χ2n) is 3.96. The number of hydrogen-bond donors (Lipinski definition) is 1. The molecular formula is C11H10N4O2S. The predicted molar refractivity (Wildman–Crippen MR) is 66.3 cm³/mol. The van der Waals surface area contributed by atoms with Gasteiger partial charge in [-0.1, -0.05) is 0 Å². The van der Waals surface area contributed by atoms with Gasteiger partial charge in [0.15, 0.2) is 9.84 Å². The molecule has 0 aliphatic carbocycles. The molecule has 1 N–H and O–H groups in total. The van der Waals surface area contributed by atoms with Crippen molar-refractivity contribution in [3.05, 3.63) is 36.7 Å². The minimum Gasteiger partial charge on any atom is -0.322 e. The molecule has 0 saturated heterocycles. The van der Waals surface area contributed by atoms with Crippen LogP contribution < -0.4 is 0 Å². The lowest BCUT2D eigenvalue weighted by Gasteiger charge is -1.96. The molecular weight excluding hydrogens is 252 g/mol. The molecule has 2 aromatic heterocycles. The molecule has 0 unspecified atom stereocenters. The molecule has 0 atom stereocenters. The number of fused-ring (bicyclic) bond motifs is 1. The molecule has 0 radical (unpaired) electrons. The Kier molecular flexibility index (Phi) is 2.24. The van der Waals surface area contributed by atoms with Crippen molar-refractivity contribution in [3.8, 4) is 5.95 Å². The van der Waals surface area contributed by atoms with E-state index in [0.29, 0.717) is 17.0 Å². The van der Waals surface area contributed by atoms with E-state index in [1.165, 1.54) is 6.26 Å². The summed E-state index contributed by atoms with van der Waals surface area (Å²) >= 11 is 0. The molecule has 0 saturated carbocycles. The van der Waals surface area contributed by atoms with Crippen LogP contribution in [-0.4, -0.2) is 34.4 Å². The lowest BCUT2D eigenvalue weighted by Crippen LogP contribution is -1.96. The SMILES string of the molecule is CS(=O)(=O)c1ccc2nc(-n3cccn3)[nH]c2c1. The van der Waals surface area contributed by atoms with Crippen molar-refractivity contribution in [2.24, 2.45) is 0 Å². The largest absolute Gasteiger partial charge is 0.322 e. The molecule has 0 aliphatic heterocycles. The summed E-state index contributed by atoms with van der Waals surface area (Å²) in [5.74, 6) is 0.556. The topological polar surface area (TPSA) is 80.6 Å². The third-order valence-corrected chi connectivity index (χ3v) is 3.70. The molecule has 2 heterocycles. The molecule has 7 heteroatoms. The summed E-state index contributed by atoms with van der Waals surface area (Å²) in [5.41, 5.74) is 1.37. The maximum atomic E-state index is 11.5. The van der Waals surface area contributed by atoms with Crippen LogP contribution in [0.5, 0.6) is 0 Å². The van der Waals surface area contributed by atoms with E-state index < -0.39 is 9.84 Å². The van der Waals surface area contributed by atoms with Gasteiger partial charge in [0.25, 0.3) is 0 Å². The molecule has 0 bridgehead atoms. The second kappa shape index (κ2) is 3.67. The van der Waals surface area contributed by atoms with Gasteiger partial charge in [0, 0.05) is 18.6 Å². The van der Waals surface area contributed by atoms with Gasteiger partial charge in [0.1, 0.15) is 0 Å². The molecule has 0 amide bonds. The highest BCUT2D eigenvalue weighted by atomic mass is 32.2. The number of aromatic nitrogens is 4. The Bertz CT molecular complexity index is 803. The van der Waals surface area contributed by atoms with E-state index in [2.05, 4.69) is 15.1 Å². The number of aromatic amines is 1. The van der Waals surface area contributed by atoms with E-state index in [9.17, 15) is 8.42 Å². The fourth-order valence-corrected chi connectivity index (χ4v) is 2.36. The quantitative estimate of drug-likeness (QED) is 0.751. The lowest BCUT2D eigenvalue weighted by atomic mass is 10.3. The van der Waals surface area contributed by atoms with Gasteiger partial charge in [0.2, 0.25) is 5.95 Å². The Morgan fingerprint density at radius 2 is 2.17 bits per heavy atom. The zero-order valence-electron chi connectivity index (χ0n) is 9.53. The number of sulfone groups is 1. The van der Waals surface area contributed by atoms with Crippen LogP contribution in [-0.2, 0) is 9.84 Å². The van der Waals surface area contributed by atoms with E-state index in [-0.39, 0.29) is 4.90 Å². The summed E-state index contributed by atoms with van der Waals surface area (Å²) in [6.07, 6.45) is 4.59. The van der Waals surface area contributed by atoms with Gasteiger partial charge in [-0.2, -0.15) is 5.10 Å². The molecule has 3 rings (SSSR count). The number of rotatable bonds is 2. The number of hydrogen-bond acceptors (Lipinski definition) is 4. The molecule has 0 spiro atoms. The number of imidazole rings is 1. The summed E-state index contributed by atoms with van der Waals surface area (Å²) in [5, 5.41) is 4.06. The minimum atomic E-state index is -3.21. The highest BCUT2D eigenvalue weighted by Gasteiger charge is 2.10.